The molecule has 1 aliphatic heterocycles. The number of aromatic amines is 1. The van der Waals surface area contributed by atoms with Crippen molar-refractivity contribution in [2.24, 2.45) is 7.05 Å². The lowest BCUT2D eigenvalue weighted by Gasteiger charge is -2.33. The Balaban J connectivity index is 1.72. The average molecular weight is 321 g/mol. The number of nitrogens with one attached hydrogen (secondary N) is 1. The lowest BCUT2D eigenvalue weighted by Crippen LogP contribution is -2.39. The molecule has 1 amide bonds. The molecular weight excluding hydrogens is 302 g/mol. The lowest BCUT2D eigenvalue weighted by atomic mass is 9.97. The molecule has 1 aromatic carbocycles. The molecule has 4 rings (SSSR count). The lowest BCUT2D eigenvalue weighted by molar-refractivity contribution is 0.0674. The van der Waals surface area contributed by atoms with Gasteiger partial charge in [0.25, 0.3) is 11.5 Å². The summed E-state index contributed by atoms with van der Waals surface area (Å²) in [4.78, 5) is 30.0. The van der Waals surface area contributed by atoms with Gasteiger partial charge in [-0.25, -0.2) is 0 Å². The highest BCUT2D eigenvalue weighted by Gasteiger charge is 2.30. The van der Waals surface area contributed by atoms with E-state index in [0.29, 0.717) is 12.1 Å². The summed E-state index contributed by atoms with van der Waals surface area (Å²) in [5.41, 5.74) is 3.78. The number of rotatable bonds is 1. The van der Waals surface area contributed by atoms with Crippen LogP contribution in [0.3, 0.4) is 0 Å². The van der Waals surface area contributed by atoms with Crippen molar-refractivity contribution in [3.63, 3.8) is 0 Å². The van der Waals surface area contributed by atoms with Crippen LogP contribution in [-0.4, -0.2) is 26.9 Å². The summed E-state index contributed by atoms with van der Waals surface area (Å²) in [6, 6.07) is 11.3. The monoisotopic (exact) mass is 321 g/mol. The van der Waals surface area contributed by atoms with Crippen LogP contribution in [0.4, 0.5) is 0 Å². The van der Waals surface area contributed by atoms with Gasteiger partial charge in [0.15, 0.2) is 0 Å². The van der Waals surface area contributed by atoms with Crippen LogP contribution in [0.15, 0.2) is 47.4 Å². The minimum absolute atomic E-state index is 0.0438. The van der Waals surface area contributed by atoms with Crippen LogP contribution < -0.4 is 5.56 Å². The van der Waals surface area contributed by atoms with Crippen LogP contribution in [-0.2, 0) is 13.5 Å². The van der Waals surface area contributed by atoms with E-state index < -0.39 is 0 Å². The van der Waals surface area contributed by atoms with Crippen LogP contribution in [0.25, 0.3) is 10.9 Å². The predicted molar refractivity (Wildman–Crippen MR) is 93.1 cm³/mol. The predicted octanol–water partition coefficient (Wildman–Crippen LogP) is 2.63. The van der Waals surface area contributed by atoms with E-state index in [2.05, 4.69) is 17.1 Å². The van der Waals surface area contributed by atoms with Crippen LogP contribution in [0.5, 0.6) is 0 Å². The molecule has 0 radical (unpaired) electrons. The number of hydrogen-bond donors (Lipinski definition) is 1. The van der Waals surface area contributed by atoms with Crippen molar-refractivity contribution in [3.8, 4) is 0 Å². The van der Waals surface area contributed by atoms with Gasteiger partial charge in [0.05, 0.1) is 6.04 Å². The van der Waals surface area contributed by atoms with Crippen molar-refractivity contribution in [3.05, 3.63) is 69.8 Å². The fourth-order valence-corrected chi connectivity index (χ4v) is 3.55. The van der Waals surface area contributed by atoms with E-state index >= 15 is 0 Å². The number of para-hydroxylation sites is 1. The molecule has 0 aliphatic carbocycles. The number of benzene rings is 1. The zero-order chi connectivity index (χ0) is 16.8. The second-order valence-corrected chi connectivity index (χ2v) is 6.35. The van der Waals surface area contributed by atoms with Gasteiger partial charge >= 0.3 is 0 Å². The van der Waals surface area contributed by atoms with Gasteiger partial charge in [0.1, 0.15) is 0 Å². The molecule has 2 aromatic heterocycles. The third-order valence-corrected chi connectivity index (χ3v) is 4.95. The zero-order valence-electron chi connectivity index (χ0n) is 13.7. The molecule has 5 heteroatoms. The highest BCUT2D eigenvalue weighted by molar-refractivity contribution is 5.95. The van der Waals surface area contributed by atoms with Crippen molar-refractivity contribution in [1.29, 1.82) is 0 Å². The molecule has 0 unspecified atom stereocenters. The Morgan fingerprint density at radius 3 is 2.83 bits per heavy atom. The number of fused-ring (bicyclic) bond motifs is 3. The molecule has 0 spiro atoms. The van der Waals surface area contributed by atoms with E-state index in [0.717, 1.165) is 17.6 Å². The number of aromatic nitrogens is 2. The molecule has 1 atom stereocenters. The van der Waals surface area contributed by atoms with E-state index in [-0.39, 0.29) is 17.5 Å². The number of hydrogen-bond acceptors (Lipinski definition) is 2. The summed E-state index contributed by atoms with van der Waals surface area (Å²) in [7, 11) is 1.68. The minimum Gasteiger partial charge on any atom is -0.356 e. The smallest absolute Gasteiger partial charge is 0.254 e. The minimum atomic E-state index is -0.170. The Kier molecular flexibility index (Phi) is 3.30. The molecule has 0 fully saturated rings. The van der Waals surface area contributed by atoms with Crippen molar-refractivity contribution in [2.45, 2.75) is 19.4 Å². The van der Waals surface area contributed by atoms with Gasteiger partial charge in [0.2, 0.25) is 0 Å². The molecule has 0 saturated heterocycles. The van der Waals surface area contributed by atoms with Crippen LogP contribution in [0.1, 0.15) is 34.6 Å². The van der Waals surface area contributed by atoms with Crippen molar-refractivity contribution in [2.75, 3.05) is 6.54 Å². The van der Waals surface area contributed by atoms with Gasteiger partial charge in [-0.2, -0.15) is 0 Å². The van der Waals surface area contributed by atoms with E-state index in [1.54, 1.807) is 19.3 Å². The highest BCUT2D eigenvalue weighted by Crippen LogP contribution is 2.34. The number of H-pyrrole nitrogens is 1. The molecule has 3 heterocycles. The van der Waals surface area contributed by atoms with E-state index in [1.165, 1.54) is 21.6 Å². The second kappa shape index (κ2) is 5.37. The number of pyridine rings is 1. The average Bonchev–Trinajstić information content (AvgIpc) is 2.97. The summed E-state index contributed by atoms with van der Waals surface area (Å²) in [6.45, 7) is 2.69. The standard InChI is InChI=1S/C19H19N3O2/c1-12-18-15(14-5-3-4-6-16(14)20-18)8-10-22(12)19(24)13-7-9-21(2)17(23)11-13/h3-7,9,11-12,20H,8,10H2,1-2H3/t12-/m0/s1. The summed E-state index contributed by atoms with van der Waals surface area (Å²) in [5, 5.41) is 1.24. The highest BCUT2D eigenvalue weighted by atomic mass is 16.2. The largest absolute Gasteiger partial charge is 0.356 e. The Bertz CT molecular complexity index is 999. The molecular formula is C19H19N3O2. The zero-order valence-corrected chi connectivity index (χ0v) is 13.7. The van der Waals surface area contributed by atoms with Gasteiger partial charge < -0.3 is 14.5 Å². The normalized spacial score (nSPS) is 17.1. The van der Waals surface area contributed by atoms with Gasteiger partial charge in [0, 0.05) is 48.0 Å². The quantitative estimate of drug-likeness (QED) is 0.749. The SMILES string of the molecule is C[C@H]1c2[nH]c3ccccc3c2CCN1C(=O)c1ccn(C)c(=O)c1. The van der Waals surface area contributed by atoms with Crippen LogP contribution in [0.2, 0.25) is 0 Å². The first kappa shape index (κ1) is 14.8. The molecule has 1 N–H and O–H groups in total. The Labute approximate surface area is 139 Å². The fraction of sp³-hybridized carbons (Fsp3) is 0.263. The third-order valence-electron chi connectivity index (χ3n) is 4.95. The maximum atomic E-state index is 12.9. The Morgan fingerprint density at radius 1 is 1.25 bits per heavy atom. The number of carbonyl (C=O) groups is 1. The van der Waals surface area contributed by atoms with Crippen LogP contribution in [0, 0.1) is 0 Å². The number of nitrogens with zero attached hydrogens (tertiary/aromatic N) is 2. The fourth-order valence-electron chi connectivity index (χ4n) is 3.55. The first-order valence-electron chi connectivity index (χ1n) is 8.13. The van der Waals surface area contributed by atoms with Crippen molar-refractivity contribution in [1.82, 2.24) is 14.5 Å². The molecule has 24 heavy (non-hydrogen) atoms. The van der Waals surface area contributed by atoms with Gasteiger partial charge in [-0.15, -0.1) is 0 Å². The van der Waals surface area contributed by atoms with Crippen LogP contribution >= 0.6 is 0 Å². The van der Waals surface area contributed by atoms with Gasteiger partial charge in [-0.3, -0.25) is 9.59 Å². The molecule has 1 aliphatic rings. The second-order valence-electron chi connectivity index (χ2n) is 6.35. The van der Waals surface area contributed by atoms with E-state index in [1.807, 2.05) is 24.0 Å². The Hall–Kier alpha value is -2.82. The first-order chi connectivity index (χ1) is 11.6. The molecule has 0 saturated carbocycles. The number of aryl methyl sites for hydroxylation is 1. The molecule has 0 bridgehead atoms. The number of carbonyl (C=O) groups excluding carboxylic acids is 1. The summed E-state index contributed by atoms with van der Waals surface area (Å²) in [6.07, 6.45) is 2.46. The van der Waals surface area contributed by atoms with E-state index in [4.69, 9.17) is 0 Å². The molecule has 122 valence electrons. The maximum Gasteiger partial charge on any atom is 0.254 e. The van der Waals surface area contributed by atoms with E-state index in [9.17, 15) is 9.59 Å². The first-order valence-corrected chi connectivity index (χ1v) is 8.13. The van der Waals surface area contributed by atoms with Crippen molar-refractivity contribution < 1.29 is 4.79 Å². The third kappa shape index (κ3) is 2.16. The summed E-state index contributed by atoms with van der Waals surface area (Å²) in [5.74, 6) is -0.0930. The maximum absolute atomic E-state index is 12.9. The van der Waals surface area contributed by atoms with Crippen molar-refractivity contribution >= 4 is 16.8 Å². The summed E-state index contributed by atoms with van der Waals surface area (Å²) >= 11 is 0. The van der Waals surface area contributed by atoms with Gasteiger partial charge in [-0.1, -0.05) is 18.2 Å². The number of amides is 1. The topological polar surface area (TPSA) is 58.1 Å². The molecule has 3 aromatic rings. The summed E-state index contributed by atoms with van der Waals surface area (Å²) < 4.78 is 1.46. The molecule has 5 nitrogen and oxygen atoms in total. The van der Waals surface area contributed by atoms with Gasteiger partial charge in [-0.05, 0) is 31.0 Å². The Morgan fingerprint density at radius 2 is 2.04 bits per heavy atom.